The standard InChI is InChI=1S/C24H27ClFN5O/c1-16(19-6-4-17(25)13-20(19)26)31-15-28-21-7-5-18(14-23(21)31)29-9-11-30(12-10-29)24(32)22-3-2-8-27-22/h4-7,13-16,22,27H,2-3,8-12H2,1H3. The third kappa shape index (κ3) is 3.95. The molecule has 2 fully saturated rings. The summed E-state index contributed by atoms with van der Waals surface area (Å²) < 4.78 is 16.5. The van der Waals surface area contributed by atoms with E-state index < -0.39 is 0 Å². The van der Waals surface area contributed by atoms with Crippen LogP contribution in [0.2, 0.25) is 5.02 Å². The first-order valence-electron chi connectivity index (χ1n) is 11.2. The zero-order chi connectivity index (χ0) is 22.2. The number of fused-ring (bicyclic) bond motifs is 1. The minimum atomic E-state index is -0.319. The van der Waals surface area contributed by atoms with E-state index in [9.17, 15) is 9.18 Å². The Hall–Kier alpha value is -2.64. The number of hydrogen-bond donors (Lipinski definition) is 1. The number of halogens is 2. The molecule has 2 unspecified atom stereocenters. The van der Waals surface area contributed by atoms with Crippen molar-refractivity contribution in [1.29, 1.82) is 0 Å². The summed E-state index contributed by atoms with van der Waals surface area (Å²) in [6.45, 7) is 5.92. The first kappa shape index (κ1) is 21.2. The van der Waals surface area contributed by atoms with E-state index in [2.05, 4.69) is 27.3 Å². The first-order valence-corrected chi connectivity index (χ1v) is 11.6. The third-order valence-corrected chi connectivity index (χ3v) is 6.94. The van der Waals surface area contributed by atoms with Crippen LogP contribution in [-0.4, -0.2) is 59.1 Å². The number of anilines is 1. The number of carbonyl (C=O) groups excluding carboxylic acids is 1. The molecule has 0 aliphatic carbocycles. The Morgan fingerprint density at radius 1 is 1.19 bits per heavy atom. The number of benzene rings is 2. The topological polar surface area (TPSA) is 53.4 Å². The first-order chi connectivity index (χ1) is 15.5. The van der Waals surface area contributed by atoms with Crippen LogP contribution in [-0.2, 0) is 4.79 Å². The Kier molecular flexibility index (Phi) is 5.78. The molecule has 2 saturated heterocycles. The molecule has 0 radical (unpaired) electrons. The number of rotatable bonds is 4. The van der Waals surface area contributed by atoms with Crippen molar-refractivity contribution in [1.82, 2.24) is 19.8 Å². The maximum absolute atomic E-state index is 14.5. The molecule has 2 aliphatic rings. The lowest BCUT2D eigenvalue weighted by Crippen LogP contribution is -2.53. The van der Waals surface area contributed by atoms with E-state index in [0.717, 1.165) is 62.3 Å². The lowest BCUT2D eigenvalue weighted by molar-refractivity contribution is -0.133. The van der Waals surface area contributed by atoms with E-state index in [-0.39, 0.29) is 23.8 Å². The van der Waals surface area contributed by atoms with Crippen molar-refractivity contribution in [2.45, 2.75) is 31.8 Å². The number of amides is 1. The number of carbonyl (C=O) groups is 1. The predicted octanol–water partition coefficient (Wildman–Crippen LogP) is 3.84. The zero-order valence-electron chi connectivity index (χ0n) is 18.1. The summed E-state index contributed by atoms with van der Waals surface area (Å²) in [5, 5.41) is 3.69. The normalized spacial score (nSPS) is 20.2. The summed E-state index contributed by atoms with van der Waals surface area (Å²) in [7, 11) is 0. The Morgan fingerprint density at radius 2 is 2.00 bits per heavy atom. The summed E-state index contributed by atoms with van der Waals surface area (Å²) in [5.74, 6) is -0.0879. The van der Waals surface area contributed by atoms with Crippen molar-refractivity contribution in [3.63, 3.8) is 0 Å². The van der Waals surface area contributed by atoms with Crippen molar-refractivity contribution >= 4 is 34.2 Å². The fourth-order valence-electron chi connectivity index (χ4n) is 4.81. The van der Waals surface area contributed by atoms with E-state index >= 15 is 0 Å². The minimum absolute atomic E-state index is 0.0120. The smallest absolute Gasteiger partial charge is 0.239 e. The lowest BCUT2D eigenvalue weighted by atomic mass is 10.1. The third-order valence-electron chi connectivity index (χ3n) is 6.70. The summed E-state index contributed by atoms with van der Waals surface area (Å²) in [4.78, 5) is 21.5. The molecule has 2 atom stereocenters. The summed E-state index contributed by atoms with van der Waals surface area (Å²) >= 11 is 5.92. The zero-order valence-corrected chi connectivity index (χ0v) is 18.9. The number of nitrogens with zero attached hydrogens (tertiary/aromatic N) is 4. The Balaban J connectivity index is 1.34. The van der Waals surface area contributed by atoms with Crippen LogP contribution in [0.25, 0.3) is 11.0 Å². The van der Waals surface area contributed by atoms with Gasteiger partial charge in [0.2, 0.25) is 5.91 Å². The van der Waals surface area contributed by atoms with E-state index in [1.54, 1.807) is 18.5 Å². The van der Waals surface area contributed by atoms with Gasteiger partial charge in [-0.25, -0.2) is 9.37 Å². The summed E-state index contributed by atoms with van der Waals surface area (Å²) in [5.41, 5.74) is 3.50. The van der Waals surface area contributed by atoms with Gasteiger partial charge < -0.3 is 19.7 Å². The molecule has 3 heterocycles. The van der Waals surface area contributed by atoms with Gasteiger partial charge in [0.1, 0.15) is 5.82 Å². The van der Waals surface area contributed by atoms with Gasteiger partial charge in [-0.3, -0.25) is 4.79 Å². The highest BCUT2D eigenvalue weighted by molar-refractivity contribution is 6.30. The van der Waals surface area contributed by atoms with Crippen LogP contribution < -0.4 is 10.2 Å². The molecule has 1 amide bonds. The van der Waals surface area contributed by atoms with Gasteiger partial charge in [0, 0.05) is 42.5 Å². The minimum Gasteiger partial charge on any atom is -0.368 e. The Bertz CT molecular complexity index is 1130. The largest absolute Gasteiger partial charge is 0.368 e. The molecule has 2 aliphatic heterocycles. The van der Waals surface area contributed by atoms with Crippen molar-refractivity contribution in [2.75, 3.05) is 37.6 Å². The SMILES string of the molecule is CC(c1ccc(Cl)cc1F)n1cnc2ccc(N3CCN(C(=O)C4CCCN4)CC3)cc21. The molecular formula is C24H27ClFN5O. The van der Waals surface area contributed by atoms with Gasteiger partial charge in [0.25, 0.3) is 0 Å². The van der Waals surface area contributed by atoms with Crippen LogP contribution >= 0.6 is 11.6 Å². The van der Waals surface area contributed by atoms with Crippen LogP contribution in [0.3, 0.4) is 0 Å². The number of piperazine rings is 1. The highest BCUT2D eigenvalue weighted by Crippen LogP contribution is 2.29. The number of aromatic nitrogens is 2. The van der Waals surface area contributed by atoms with Crippen molar-refractivity contribution < 1.29 is 9.18 Å². The molecule has 0 spiro atoms. The monoisotopic (exact) mass is 455 g/mol. The van der Waals surface area contributed by atoms with Gasteiger partial charge in [-0.2, -0.15) is 0 Å². The Morgan fingerprint density at radius 3 is 2.72 bits per heavy atom. The summed E-state index contributed by atoms with van der Waals surface area (Å²) in [6, 6.07) is 10.7. The molecule has 1 N–H and O–H groups in total. The fraction of sp³-hybridized carbons (Fsp3) is 0.417. The molecule has 0 saturated carbocycles. The van der Waals surface area contributed by atoms with E-state index in [1.807, 2.05) is 22.5 Å². The van der Waals surface area contributed by atoms with Gasteiger partial charge in [0.05, 0.1) is 29.4 Å². The summed E-state index contributed by atoms with van der Waals surface area (Å²) in [6.07, 6.45) is 3.77. The molecule has 2 aromatic carbocycles. The van der Waals surface area contributed by atoms with Crippen LogP contribution in [0.4, 0.5) is 10.1 Å². The molecule has 32 heavy (non-hydrogen) atoms. The highest BCUT2D eigenvalue weighted by Gasteiger charge is 2.29. The predicted molar refractivity (Wildman–Crippen MR) is 125 cm³/mol. The van der Waals surface area contributed by atoms with Gasteiger partial charge in [-0.15, -0.1) is 0 Å². The highest BCUT2D eigenvalue weighted by atomic mass is 35.5. The van der Waals surface area contributed by atoms with Crippen molar-refractivity contribution in [3.8, 4) is 0 Å². The van der Waals surface area contributed by atoms with Gasteiger partial charge >= 0.3 is 0 Å². The number of nitrogens with one attached hydrogen (secondary N) is 1. The number of imidazole rings is 1. The van der Waals surface area contributed by atoms with E-state index in [0.29, 0.717) is 10.6 Å². The van der Waals surface area contributed by atoms with E-state index in [1.165, 1.54) is 6.07 Å². The molecule has 6 nitrogen and oxygen atoms in total. The molecule has 5 rings (SSSR count). The average molecular weight is 456 g/mol. The molecule has 168 valence electrons. The second-order valence-corrected chi connectivity index (χ2v) is 9.06. The van der Waals surface area contributed by atoms with Gasteiger partial charge in [-0.05, 0) is 56.6 Å². The fourth-order valence-corrected chi connectivity index (χ4v) is 4.97. The number of hydrogen-bond acceptors (Lipinski definition) is 4. The molecule has 3 aromatic rings. The molecule has 8 heteroatoms. The quantitative estimate of drug-likeness (QED) is 0.649. The maximum atomic E-state index is 14.5. The molecule has 0 bridgehead atoms. The van der Waals surface area contributed by atoms with Gasteiger partial charge in [-0.1, -0.05) is 17.7 Å². The van der Waals surface area contributed by atoms with Crippen molar-refractivity contribution in [3.05, 3.63) is 59.1 Å². The molecular weight excluding hydrogens is 429 g/mol. The Labute approximate surface area is 192 Å². The van der Waals surface area contributed by atoms with Crippen LogP contribution in [0.15, 0.2) is 42.7 Å². The van der Waals surface area contributed by atoms with Crippen molar-refractivity contribution in [2.24, 2.45) is 0 Å². The van der Waals surface area contributed by atoms with Crippen LogP contribution in [0.1, 0.15) is 31.4 Å². The van der Waals surface area contributed by atoms with Crippen LogP contribution in [0.5, 0.6) is 0 Å². The maximum Gasteiger partial charge on any atom is 0.239 e. The lowest BCUT2D eigenvalue weighted by Gasteiger charge is -2.37. The van der Waals surface area contributed by atoms with E-state index in [4.69, 9.17) is 11.6 Å². The second-order valence-electron chi connectivity index (χ2n) is 8.63. The van der Waals surface area contributed by atoms with Gasteiger partial charge in [0.15, 0.2) is 0 Å². The van der Waals surface area contributed by atoms with Crippen LogP contribution in [0, 0.1) is 5.82 Å². The second kappa shape index (κ2) is 8.71. The molecule has 1 aromatic heterocycles. The average Bonchev–Trinajstić information content (AvgIpc) is 3.48.